The molecule has 0 fully saturated rings. The van der Waals surface area contributed by atoms with Crippen LogP contribution >= 0.6 is 0 Å². The minimum absolute atomic E-state index is 0.110. The van der Waals surface area contributed by atoms with Gasteiger partial charge in [-0.25, -0.2) is 0 Å². The van der Waals surface area contributed by atoms with Crippen molar-refractivity contribution in [3.8, 4) is 11.8 Å². The van der Waals surface area contributed by atoms with Gasteiger partial charge in [-0.05, 0) is 44.0 Å². The third kappa shape index (κ3) is 3.06. The molecule has 0 aliphatic carbocycles. The number of benzene rings is 1. The number of rotatable bonds is 5. The predicted octanol–water partition coefficient (Wildman–Crippen LogP) is 4.01. The molecule has 2 aromatic heterocycles. The van der Waals surface area contributed by atoms with E-state index in [4.69, 9.17) is 4.18 Å². The summed E-state index contributed by atoms with van der Waals surface area (Å²) < 4.78 is 33.1. The van der Waals surface area contributed by atoms with E-state index in [2.05, 4.69) is 6.07 Å². The quantitative estimate of drug-likeness (QED) is 0.638. The summed E-state index contributed by atoms with van der Waals surface area (Å²) in [6.07, 6.45) is 3.15. The molecule has 0 aliphatic heterocycles. The van der Waals surface area contributed by atoms with E-state index in [1.807, 2.05) is 25.2 Å². The van der Waals surface area contributed by atoms with Gasteiger partial charge in [0.1, 0.15) is 4.90 Å². The lowest BCUT2D eigenvalue weighted by Gasteiger charge is -2.09. The van der Waals surface area contributed by atoms with Gasteiger partial charge in [0, 0.05) is 17.5 Å². The van der Waals surface area contributed by atoms with Crippen molar-refractivity contribution < 1.29 is 12.6 Å². The first-order valence-corrected chi connectivity index (χ1v) is 9.89. The second-order valence-corrected chi connectivity index (χ2v) is 7.64. The van der Waals surface area contributed by atoms with E-state index in [-0.39, 0.29) is 4.90 Å². The summed E-state index contributed by atoms with van der Waals surface area (Å²) >= 11 is 0. The molecule has 5 nitrogen and oxygen atoms in total. The third-order valence-electron chi connectivity index (χ3n) is 4.42. The average Bonchev–Trinajstić information content (AvgIpc) is 2.93. The molecule has 0 aliphatic rings. The van der Waals surface area contributed by atoms with Gasteiger partial charge in [0.15, 0.2) is 5.75 Å². The summed E-state index contributed by atoms with van der Waals surface area (Å²) in [6, 6.07) is 12.0. The van der Waals surface area contributed by atoms with E-state index in [0.29, 0.717) is 23.3 Å². The summed E-state index contributed by atoms with van der Waals surface area (Å²) in [5.41, 5.74) is 3.85. The lowest BCUT2D eigenvalue weighted by Crippen LogP contribution is -2.10. The van der Waals surface area contributed by atoms with Crippen molar-refractivity contribution in [2.24, 2.45) is 0 Å². The zero-order chi connectivity index (χ0) is 18.9. The highest BCUT2D eigenvalue weighted by atomic mass is 32.2. The number of fused-ring (bicyclic) bond motifs is 1. The van der Waals surface area contributed by atoms with Gasteiger partial charge in [0.05, 0.1) is 17.1 Å². The fourth-order valence-corrected chi connectivity index (χ4v) is 4.09. The maximum absolute atomic E-state index is 12.8. The Hall–Kier alpha value is -2.78. The summed E-state index contributed by atoms with van der Waals surface area (Å²) in [6.45, 7) is 5.87. The highest BCUT2D eigenvalue weighted by molar-refractivity contribution is 7.87. The lowest BCUT2D eigenvalue weighted by molar-refractivity contribution is 0.486. The summed E-state index contributed by atoms with van der Waals surface area (Å²) in [5.74, 6) is 0.307. The summed E-state index contributed by atoms with van der Waals surface area (Å²) in [4.78, 5) is 0.110. The van der Waals surface area contributed by atoms with Gasteiger partial charge in [-0.1, -0.05) is 31.5 Å². The van der Waals surface area contributed by atoms with Gasteiger partial charge >= 0.3 is 10.1 Å². The van der Waals surface area contributed by atoms with Crippen molar-refractivity contribution in [2.75, 3.05) is 0 Å². The van der Waals surface area contributed by atoms with E-state index in [0.717, 1.165) is 23.2 Å². The van der Waals surface area contributed by atoms with Gasteiger partial charge < -0.3 is 8.58 Å². The van der Waals surface area contributed by atoms with Crippen LogP contribution < -0.4 is 4.18 Å². The fourth-order valence-electron chi connectivity index (χ4n) is 3.12. The molecule has 3 aromatic rings. The van der Waals surface area contributed by atoms with Crippen molar-refractivity contribution >= 4 is 15.6 Å². The average molecular weight is 368 g/mol. The van der Waals surface area contributed by atoms with E-state index in [1.165, 1.54) is 12.1 Å². The van der Waals surface area contributed by atoms with Gasteiger partial charge in [-0.2, -0.15) is 13.7 Å². The Balaban J connectivity index is 2.20. The highest BCUT2D eigenvalue weighted by Crippen LogP contribution is 2.35. The Morgan fingerprint density at radius 1 is 1.12 bits per heavy atom. The van der Waals surface area contributed by atoms with Crippen molar-refractivity contribution in [2.45, 2.75) is 38.5 Å². The van der Waals surface area contributed by atoms with Crippen molar-refractivity contribution in [3.63, 3.8) is 0 Å². The number of hydrogen-bond acceptors (Lipinski definition) is 4. The van der Waals surface area contributed by atoms with Gasteiger partial charge in [-0.15, -0.1) is 0 Å². The lowest BCUT2D eigenvalue weighted by atomic mass is 10.1. The van der Waals surface area contributed by atoms with E-state index in [9.17, 15) is 13.7 Å². The molecule has 0 bridgehead atoms. The topological polar surface area (TPSA) is 71.6 Å². The first-order chi connectivity index (χ1) is 12.4. The Bertz CT molecular complexity index is 1100. The summed E-state index contributed by atoms with van der Waals surface area (Å²) in [7, 11) is -3.96. The van der Waals surface area contributed by atoms with Gasteiger partial charge in [-0.3, -0.25) is 0 Å². The zero-order valence-corrected chi connectivity index (χ0v) is 15.8. The second-order valence-electron chi connectivity index (χ2n) is 6.09. The van der Waals surface area contributed by atoms with E-state index >= 15 is 0 Å². The molecule has 3 rings (SSSR count). The molecule has 1 aromatic carbocycles. The van der Waals surface area contributed by atoms with Crippen LogP contribution in [0.2, 0.25) is 0 Å². The number of nitrogens with zero attached hydrogens (tertiary/aromatic N) is 2. The number of hydrogen-bond donors (Lipinski definition) is 0. The predicted molar refractivity (Wildman–Crippen MR) is 99.9 cm³/mol. The number of pyridine rings is 1. The van der Waals surface area contributed by atoms with E-state index < -0.39 is 10.1 Å². The van der Waals surface area contributed by atoms with Crippen LogP contribution in [-0.2, 0) is 23.0 Å². The molecule has 2 heterocycles. The molecule has 6 heteroatoms. The maximum Gasteiger partial charge on any atom is 0.339 e. The zero-order valence-electron chi connectivity index (χ0n) is 15.0. The molecule has 0 spiro atoms. The minimum Gasteiger partial charge on any atom is -0.376 e. The summed E-state index contributed by atoms with van der Waals surface area (Å²) in [5, 5.41) is 9.20. The number of nitriles is 1. The molecule has 0 amide bonds. The van der Waals surface area contributed by atoms with Crippen LogP contribution in [0.25, 0.3) is 5.52 Å². The van der Waals surface area contributed by atoms with E-state index in [1.54, 1.807) is 30.5 Å². The Morgan fingerprint density at radius 2 is 1.81 bits per heavy atom. The molecular weight excluding hydrogens is 348 g/mol. The molecule has 0 N–H and O–H groups in total. The standard InChI is InChI=1S/C20H20N2O3S/c1-4-17-18(5-2)22-11-10-15(13-21)12-19(22)20(17)25-26(23,24)16-8-6-14(3)7-9-16/h6-12H,4-5H2,1-3H3. The largest absolute Gasteiger partial charge is 0.376 e. The van der Waals surface area contributed by atoms with Crippen molar-refractivity contribution in [1.29, 1.82) is 5.26 Å². The van der Waals surface area contributed by atoms with Crippen molar-refractivity contribution in [1.82, 2.24) is 4.40 Å². The van der Waals surface area contributed by atoms with Crippen LogP contribution in [0.4, 0.5) is 0 Å². The fraction of sp³-hybridized carbons (Fsp3) is 0.250. The third-order valence-corrected chi connectivity index (χ3v) is 5.66. The second kappa shape index (κ2) is 6.85. The molecule has 0 saturated heterocycles. The van der Waals surface area contributed by atoms with Crippen LogP contribution in [0.15, 0.2) is 47.5 Å². The molecular formula is C20H20N2O3S. The molecule has 0 radical (unpaired) electrons. The monoisotopic (exact) mass is 368 g/mol. The maximum atomic E-state index is 12.8. The smallest absolute Gasteiger partial charge is 0.339 e. The van der Waals surface area contributed by atoms with Gasteiger partial charge in [0.2, 0.25) is 0 Å². The van der Waals surface area contributed by atoms with Crippen LogP contribution in [-0.4, -0.2) is 12.8 Å². The van der Waals surface area contributed by atoms with Crippen LogP contribution in [0.3, 0.4) is 0 Å². The SMILES string of the molecule is CCc1c(OS(=O)(=O)c2ccc(C)cc2)c2cc(C#N)ccn2c1CC. The Kier molecular flexibility index (Phi) is 4.75. The molecule has 26 heavy (non-hydrogen) atoms. The first-order valence-electron chi connectivity index (χ1n) is 8.48. The van der Waals surface area contributed by atoms with Crippen LogP contribution in [0, 0.1) is 18.3 Å². The van der Waals surface area contributed by atoms with Crippen molar-refractivity contribution in [3.05, 3.63) is 65.0 Å². The minimum atomic E-state index is -3.96. The first kappa shape index (κ1) is 18.0. The van der Waals surface area contributed by atoms with Crippen LogP contribution in [0.5, 0.6) is 5.75 Å². The highest BCUT2D eigenvalue weighted by Gasteiger charge is 2.24. The molecule has 134 valence electrons. The van der Waals surface area contributed by atoms with Gasteiger partial charge in [0.25, 0.3) is 0 Å². The molecule has 0 saturated carbocycles. The molecule has 0 unspecified atom stereocenters. The Labute approximate surface area is 153 Å². The van der Waals surface area contributed by atoms with Crippen LogP contribution in [0.1, 0.15) is 36.2 Å². The number of aromatic nitrogens is 1. The Morgan fingerprint density at radius 3 is 2.38 bits per heavy atom. The molecule has 0 atom stereocenters. The number of aryl methyl sites for hydroxylation is 2. The normalized spacial score (nSPS) is 11.5.